The predicted molar refractivity (Wildman–Crippen MR) is 123 cm³/mol. The van der Waals surface area contributed by atoms with E-state index in [1.807, 2.05) is 24.3 Å². The second-order valence-corrected chi connectivity index (χ2v) is 8.71. The number of urea groups is 1. The summed E-state index contributed by atoms with van der Waals surface area (Å²) >= 11 is 0. The maximum atomic E-state index is 13.6. The van der Waals surface area contributed by atoms with Gasteiger partial charge in [0.15, 0.2) is 0 Å². The van der Waals surface area contributed by atoms with Gasteiger partial charge in [0.05, 0.1) is 17.8 Å². The van der Waals surface area contributed by atoms with Crippen LogP contribution in [0.5, 0.6) is 0 Å². The lowest BCUT2D eigenvalue weighted by atomic mass is 9.87. The van der Waals surface area contributed by atoms with E-state index in [9.17, 15) is 14.0 Å². The average Bonchev–Trinajstić information content (AvgIpc) is 2.73. The summed E-state index contributed by atoms with van der Waals surface area (Å²) in [5.41, 5.74) is 7.70. The van der Waals surface area contributed by atoms with E-state index in [1.54, 1.807) is 0 Å². The summed E-state index contributed by atoms with van der Waals surface area (Å²) in [7, 11) is 0. The monoisotopic (exact) mass is 437 g/mol. The standard InChI is InChI=1S/C24H28FN5O2/c1-24(2,3)16-7-9-18(10-8-16)29-23(32)30-12-11-28-19(14-30)20(22(27)31)21(26)15-5-4-6-17(25)13-15/h4-10,13,26,28H,11-12,14H2,1-3H3,(H2,27,31)(H,29,32)/b20-19+,26-21?. The number of hydrogen-bond acceptors (Lipinski definition) is 4. The number of piperazine rings is 1. The van der Waals surface area contributed by atoms with E-state index in [4.69, 9.17) is 11.1 Å². The zero-order valence-corrected chi connectivity index (χ0v) is 18.5. The number of primary amides is 1. The van der Waals surface area contributed by atoms with Gasteiger partial charge < -0.3 is 21.3 Å². The van der Waals surface area contributed by atoms with Gasteiger partial charge >= 0.3 is 6.03 Å². The number of carbonyl (C=O) groups is 2. The van der Waals surface area contributed by atoms with Crippen LogP contribution in [0, 0.1) is 11.2 Å². The summed E-state index contributed by atoms with van der Waals surface area (Å²) in [6.07, 6.45) is 0. The zero-order valence-electron chi connectivity index (χ0n) is 18.5. The molecule has 0 radical (unpaired) electrons. The lowest BCUT2D eigenvalue weighted by molar-refractivity contribution is -0.114. The normalized spacial score (nSPS) is 15.6. The molecule has 32 heavy (non-hydrogen) atoms. The van der Waals surface area contributed by atoms with Gasteiger partial charge in [0, 0.05) is 30.0 Å². The molecule has 5 N–H and O–H groups in total. The topological polar surface area (TPSA) is 111 Å². The first kappa shape index (κ1) is 23.0. The van der Waals surface area contributed by atoms with Crippen molar-refractivity contribution < 1.29 is 14.0 Å². The third-order valence-corrected chi connectivity index (χ3v) is 5.27. The molecule has 3 amide bonds. The van der Waals surface area contributed by atoms with Crippen molar-refractivity contribution in [2.75, 3.05) is 25.0 Å². The van der Waals surface area contributed by atoms with Crippen LogP contribution in [-0.4, -0.2) is 42.2 Å². The van der Waals surface area contributed by atoms with E-state index in [0.717, 1.165) is 5.56 Å². The predicted octanol–water partition coefficient (Wildman–Crippen LogP) is 3.37. The fourth-order valence-electron chi connectivity index (χ4n) is 3.48. The van der Waals surface area contributed by atoms with Gasteiger partial charge in [0.1, 0.15) is 5.82 Å². The van der Waals surface area contributed by atoms with E-state index in [0.29, 0.717) is 24.5 Å². The van der Waals surface area contributed by atoms with Crippen LogP contribution in [0.4, 0.5) is 14.9 Å². The van der Waals surface area contributed by atoms with E-state index in [1.165, 1.54) is 29.2 Å². The van der Waals surface area contributed by atoms with Crippen LogP contribution < -0.4 is 16.4 Å². The van der Waals surface area contributed by atoms with Crippen LogP contribution in [0.2, 0.25) is 0 Å². The summed E-state index contributed by atoms with van der Waals surface area (Å²) < 4.78 is 13.6. The number of anilines is 1. The fourth-order valence-corrected chi connectivity index (χ4v) is 3.48. The SMILES string of the molecule is CC(C)(C)c1ccc(NC(=O)N2CCN/C(=C(\C(=N)c3cccc(F)c3)C(N)=O)C2)cc1. The second-order valence-electron chi connectivity index (χ2n) is 8.71. The number of nitrogens with zero attached hydrogens (tertiary/aromatic N) is 1. The van der Waals surface area contributed by atoms with Crippen molar-refractivity contribution in [3.05, 3.63) is 76.7 Å². The Bertz CT molecular complexity index is 1070. The minimum Gasteiger partial charge on any atom is -0.384 e. The van der Waals surface area contributed by atoms with E-state index in [2.05, 4.69) is 31.4 Å². The third kappa shape index (κ3) is 5.32. The number of nitrogens with one attached hydrogen (secondary N) is 3. The Balaban J connectivity index is 1.79. The van der Waals surface area contributed by atoms with Gasteiger partial charge in [-0.3, -0.25) is 10.2 Å². The Morgan fingerprint density at radius 1 is 1.16 bits per heavy atom. The molecule has 0 spiro atoms. The van der Waals surface area contributed by atoms with Crippen molar-refractivity contribution in [3.63, 3.8) is 0 Å². The van der Waals surface area contributed by atoms with Crippen LogP contribution in [0.3, 0.4) is 0 Å². The molecule has 0 aromatic heterocycles. The molecule has 1 saturated heterocycles. The highest BCUT2D eigenvalue weighted by molar-refractivity contribution is 6.27. The van der Waals surface area contributed by atoms with Gasteiger partial charge in [-0.25, -0.2) is 9.18 Å². The number of amides is 3. The first-order valence-corrected chi connectivity index (χ1v) is 10.3. The van der Waals surface area contributed by atoms with Gasteiger partial charge in [-0.2, -0.15) is 0 Å². The molecule has 1 aliphatic rings. The van der Waals surface area contributed by atoms with Crippen molar-refractivity contribution in [3.8, 4) is 0 Å². The summed E-state index contributed by atoms with van der Waals surface area (Å²) in [6, 6.07) is 12.7. The smallest absolute Gasteiger partial charge is 0.322 e. The summed E-state index contributed by atoms with van der Waals surface area (Å²) in [5.74, 6) is -1.34. The Kier molecular flexibility index (Phi) is 6.62. The number of carbonyl (C=O) groups excluding carboxylic acids is 2. The Labute approximate surface area is 187 Å². The molecule has 0 atom stereocenters. The molecule has 168 valence electrons. The number of halogens is 1. The molecular weight excluding hydrogens is 409 g/mol. The highest BCUT2D eigenvalue weighted by Crippen LogP contribution is 2.24. The van der Waals surface area contributed by atoms with Crippen LogP contribution in [0.15, 0.2) is 59.8 Å². The number of benzene rings is 2. The molecule has 1 fully saturated rings. The number of hydrogen-bond donors (Lipinski definition) is 4. The lowest BCUT2D eigenvalue weighted by Crippen LogP contribution is -2.48. The minimum atomic E-state index is -0.818. The lowest BCUT2D eigenvalue weighted by Gasteiger charge is -2.31. The first-order valence-electron chi connectivity index (χ1n) is 10.3. The largest absolute Gasteiger partial charge is 0.384 e. The number of rotatable bonds is 4. The second kappa shape index (κ2) is 9.21. The summed E-state index contributed by atoms with van der Waals surface area (Å²) in [5, 5.41) is 14.3. The number of nitrogens with two attached hydrogens (primary N) is 1. The minimum absolute atomic E-state index is 0.0120. The highest BCUT2D eigenvalue weighted by atomic mass is 19.1. The van der Waals surface area contributed by atoms with Crippen LogP contribution in [0.1, 0.15) is 31.9 Å². The molecule has 1 heterocycles. The van der Waals surface area contributed by atoms with Crippen LogP contribution in [0.25, 0.3) is 0 Å². The van der Waals surface area contributed by atoms with Crippen molar-refractivity contribution in [1.82, 2.24) is 10.2 Å². The summed E-state index contributed by atoms with van der Waals surface area (Å²) in [6.45, 7) is 7.22. The Morgan fingerprint density at radius 3 is 2.44 bits per heavy atom. The van der Waals surface area contributed by atoms with Crippen LogP contribution >= 0.6 is 0 Å². The van der Waals surface area contributed by atoms with E-state index in [-0.39, 0.29) is 34.8 Å². The fraction of sp³-hybridized carbons (Fsp3) is 0.292. The Morgan fingerprint density at radius 2 is 1.84 bits per heavy atom. The average molecular weight is 438 g/mol. The maximum Gasteiger partial charge on any atom is 0.322 e. The molecule has 3 rings (SSSR count). The van der Waals surface area contributed by atoms with Crippen molar-refractivity contribution >= 4 is 23.3 Å². The van der Waals surface area contributed by atoms with Gasteiger partial charge in [-0.15, -0.1) is 0 Å². The first-order chi connectivity index (χ1) is 15.1. The van der Waals surface area contributed by atoms with Crippen molar-refractivity contribution in [2.24, 2.45) is 5.73 Å². The van der Waals surface area contributed by atoms with Gasteiger partial charge in [0.25, 0.3) is 5.91 Å². The van der Waals surface area contributed by atoms with Gasteiger partial charge in [-0.05, 0) is 35.2 Å². The molecule has 7 nitrogen and oxygen atoms in total. The quantitative estimate of drug-likeness (QED) is 0.435. The molecule has 0 unspecified atom stereocenters. The van der Waals surface area contributed by atoms with E-state index < -0.39 is 11.7 Å². The van der Waals surface area contributed by atoms with Gasteiger partial charge in [0.2, 0.25) is 0 Å². The third-order valence-electron chi connectivity index (χ3n) is 5.27. The molecule has 2 aromatic carbocycles. The molecule has 2 aromatic rings. The maximum absolute atomic E-state index is 13.6. The van der Waals surface area contributed by atoms with Crippen molar-refractivity contribution in [2.45, 2.75) is 26.2 Å². The van der Waals surface area contributed by atoms with Gasteiger partial charge in [-0.1, -0.05) is 45.0 Å². The van der Waals surface area contributed by atoms with Crippen LogP contribution in [-0.2, 0) is 10.2 Å². The Hall–Kier alpha value is -3.68. The molecule has 0 aliphatic carbocycles. The molecule has 8 heteroatoms. The zero-order chi connectivity index (χ0) is 23.5. The molecule has 0 saturated carbocycles. The summed E-state index contributed by atoms with van der Waals surface area (Å²) in [4.78, 5) is 26.5. The van der Waals surface area contributed by atoms with E-state index >= 15 is 0 Å². The molecular formula is C24H28FN5O2. The molecule has 0 bridgehead atoms. The molecule has 1 aliphatic heterocycles. The van der Waals surface area contributed by atoms with Crippen molar-refractivity contribution in [1.29, 1.82) is 5.41 Å². The highest BCUT2D eigenvalue weighted by Gasteiger charge is 2.26.